The van der Waals surface area contributed by atoms with E-state index in [1.54, 1.807) is 0 Å². The predicted octanol–water partition coefficient (Wildman–Crippen LogP) is 3.20. The van der Waals surface area contributed by atoms with Gasteiger partial charge in [0.05, 0.1) is 12.3 Å². The first-order valence-electron chi connectivity index (χ1n) is 7.02. The van der Waals surface area contributed by atoms with Gasteiger partial charge in [0.15, 0.2) is 0 Å². The molecule has 0 aliphatic heterocycles. The summed E-state index contributed by atoms with van der Waals surface area (Å²) in [5, 5.41) is 11.2. The molecule has 0 bridgehead atoms. The molecule has 3 heteroatoms. The molecule has 3 rings (SSSR count). The lowest BCUT2D eigenvalue weighted by molar-refractivity contribution is 0.201. The number of pyridine rings is 1. The third kappa shape index (κ3) is 3.20. The van der Waals surface area contributed by atoms with E-state index in [2.05, 4.69) is 17.1 Å². The summed E-state index contributed by atoms with van der Waals surface area (Å²) >= 11 is 0. The number of nitrogens with zero attached hydrogens (tertiary/aromatic N) is 1. The normalized spacial score (nSPS) is 10.7. The molecule has 1 heterocycles. The van der Waals surface area contributed by atoms with Crippen LogP contribution in [0.3, 0.4) is 0 Å². The van der Waals surface area contributed by atoms with Crippen molar-refractivity contribution in [1.29, 1.82) is 0 Å². The molecule has 106 valence electrons. The van der Waals surface area contributed by atoms with E-state index in [1.165, 1.54) is 16.3 Å². The van der Waals surface area contributed by atoms with Gasteiger partial charge < -0.3 is 9.84 Å². The maximum atomic E-state index is 8.74. The van der Waals surface area contributed by atoms with Crippen LogP contribution >= 0.6 is 0 Å². The molecule has 0 atom stereocenters. The lowest BCUT2D eigenvalue weighted by Gasteiger charge is -2.07. The summed E-state index contributed by atoms with van der Waals surface area (Å²) in [5.41, 5.74) is 2.27. The van der Waals surface area contributed by atoms with E-state index in [0.717, 1.165) is 17.9 Å². The number of aromatic nitrogens is 1. The van der Waals surface area contributed by atoms with Crippen LogP contribution in [-0.2, 0) is 6.42 Å². The number of hydrogen-bond donors (Lipinski definition) is 1. The Labute approximate surface area is 123 Å². The predicted molar refractivity (Wildman–Crippen MR) is 83.6 cm³/mol. The summed E-state index contributed by atoms with van der Waals surface area (Å²) in [6.07, 6.45) is 2.65. The largest absolute Gasteiger partial charge is 0.491 e. The summed E-state index contributed by atoms with van der Waals surface area (Å²) in [4.78, 5) is 4.51. The molecule has 0 amide bonds. The molecule has 1 aromatic heterocycles. The van der Waals surface area contributed by atoms with Crippen LogP contribution in [0.15, 0.2) is 60.8 Å². The van der Waals surface area contributed by atoms with Crippen LogP contribution in [0.2, 0.25) is 0 Å². The Balaban J connectivity index is 1.82. The SMILES string of the molecule is OCCOc1ccc(Cc2nccc3ccccc23)cc1. The molecule has 0 unspecified atom stereocenters. The number of aliphatic hydroxyl groups excluding tert-OH is 1. The molecule has 0 saturated carbocycles. The first-order chi connectivity index (χ1) is 10.4. The fourth-order valence-corrected chi connectivity index (χ4v) is 2.38. The Morgan fingerprint density at radius 2 is 1.76 bits per heavy atom. The van der Waals surface area contributed by atoms with Crippen LogP contribution in [-0.4, -0.2) is 23.3 Å². The van der Waals surface area contributed by atoms with Gasteiger partial charge in [-0.1, -0.05) is 36.4 Å². The van der Waals surface area contributed by atoms with E-state index in [4.69, 9.17) is 9.84 Å². The Morgan fingerprint density at radius 1 is 0.952 bits per heavy atom. The first-order valence-corrected chi connectivity index (χ1v) is 7.02. The minimum atomic E-state index is 0.0294. The van der Waals surface area contributed by atoms with Gasteiger partial charge in [-0.15, -0.1) is 0 Å². The highest BCUT2D eigenvalue weighted by Crippen LogP contribution is 2.20. The average Bonchev–Trinajstić information content (AvgIpc) is 2.55. The van der Waals surface area contributed by atoms with Crippen molar-refractivity contribution in [2.45, 2.75) is 6.42 Å². The fourth-order valence-electron chi connectivity index (χ4n) is 2.38. The average molecular weight is 279 g/mol. The molecule has 0 fully saturated rings. The van der Waals surface area contributed by atoms with Crippen molar-refractivity contribution in [3.63, 3.8) is 0 Å². The van der Waals surface area contributed by atoms with Gasteiger partial charge in [-0.3, -0.25) is 4.98 Å². The van der Waals surface area contributed by atoms with E-state index in [0.29, 0.717) is 6.61 Å². The van der Waals surface area contributed by atoms with Crippen molar-refractivity contribution in [3.8, 4) is 5.75 Å². The Morgan fingerprint density at radius 3 is 2.57 bits per heavy atom. The molecule has 2 aromatic carbocycles. The topological polar surface area (TPSA) is 42.4 Å². The van der Waals surface area contributed by atoms with Gasteiger partial charge in [0, 0.05) is 18.0 Å². The van der Waals surface area contributed by atoms with Crippen molar-refractivity contribution >= 4 is 10.8 Å². The summed E-state index contributed by atoms with van der Waals surface area (Å²) in [6, 6.07) is 18.3. The second-order valence-corrected chi connectivity index (χ2v) is 4.87. The van der Waals surface area contributed by atoms with Crippen LogP contribution < -0.4 is 4.74 Å². The van der Waals surface area contributed by atoms with Crippen molar-refractivity contribution in [2.75, 3.05) is 13.2 Å². The van der Waals surface area contributed by atoms with Gasteiger partial charge in [0.1, 0.15) is 12.4 Å². The number of benzene rings is 2. The molecule has 1 N–H and O–H groups in total. The molecule has 0 aliphatic rings. The molecule has 0 saturated heterocycles. The van der Waals surface area contributed by atoms with E-state index in [9.17, 15) is 0 Å². The van der Waals surface area contributed by atoms with Gasteiger partial charge in [0.2, 0.25) is 0 Å². The van der Waals surface area contributed by atoms with Gasteiger partial charge >= 0.3 is 0 Å². The molecular formula is C18H17NO2. The maximum Gasteiger partial charge on any atom is 0.119 e. The molecular weight excluding hydrogens is 262 g/mol. The third-order valence-electron chi connectivity index (χ3n) is 3.41. The molecule has 0 spiro atoms. The van der Waals surface area contributed by atoms with E-state index in [-0.39, 0.29) is 6.61 Å². The van der Waals surface area contributed by atoms with Crippen LogP contribution in [0.4, 0.5) is 0 Å². The zero-order valence-electron chi connectivity index (χ0n) is 11.7. The highest BCUT2D eigenvalue weighted by molar-refractivity contribution is 5.84. The molecule has 21 heavy (non-hydrogen) atoms. The minimum absolute atomic E-state index is 0.0294. The molecule has 0 radical (unpaired) electrons. The molecule has 0 aliphatic carbocycles. The zero-order chi connectivity index (χ0) is 14.5. The zero-order valence-corrected chi connectivity index (χ0v) is 11.7. The summed E-state index contributed by atoms with van der Waals surface area (Å²) < 4.78 is 5.36. The van der Waals surface area contributed by atoms with E-state index < -0.39 is 0 Å². The monoisotopic (exact) mass is 279 g/mol. The van der Waals surface area contributed by atoms with Crippen molar-refractivity contribution in [1.82, 2.24) is 4.98 Å². The van der Waals surface area contributed by atoms with Crippen molar-refractivity contribution in [2.24, 2.45) is 0 Å². The smallest absolute Gasteiger partial charge is 0.119 e. The van der Waals surface area contributed by atoms with Gasteiger partial charge in [0.25, 0.3) is 0 Å². The Kier molecular flexibility index (Phi) is 4.12. The van der Waals surface area contributed by atoms with Crippen LogP contribution in [0.1, 0.15) is 11.3 Å². The summed E-state index contributed by atoms with van der Waals surface area (Å²) in [7, 11) is 0. The lowest BCUT2D eigenvalue weighted by Crippen LogP contribution is -2.01. The second kappa shape index (κ2) is 6.37. The Bertz CT molecular complexity index is 717. The van der Waals surface area contributed by atoms with Crippen molar-refractivity contribution in [3.05, 3.63) is 72.1 Å². The number of rotatable bonds is 5. The molecule has 3 aromatic rings. The van der Waals surface area contributed by atoms with Crippen molar-refractivity contribution < 1.29 is 9.84 Å². The van der Waals surface area contributed by atoms with Crippen LogP contribution in [0.5, 0.6) is 5.75 Å². The number of fused-ring (bicyclic) bond motifs is 1. The van der Waals surface area contributed by atoms with E-state index in [1.807, 2.05) is 48.7 Å². The van der Waals surface area contributed by atoms with Crippen LogP contribution in [0.25, 0.3) is 10.8 Å². The number of hydrogen-bond acceptors (Lipinski definition) is 3. The minimum Gasteiger partial charge on any atom is -0.491 e. The Hall–Kier alpha value is -2.39. The van der Waals surface area contributed by atoms with Gasteiger partial charge in [-0.05, 0) is 29.1 Å². The summed E-state index contributed by atoms with van der Waals surface area (Å²) in [6.45, 7) is 0.353. The van der Waals surface area contributed by atoms with Gasteiger partial charge in [-0.25, -0.2) is 0 Å². The number of ether oxygens (including phenoxy) is 1. The summed E-state index contributed by atoms with van der Waals surface area (Å²) in [5.74, 6) is 0.777. The maximum absolute atomic E-state index is 8.74. The second-order valence-electron chi connectivity index (χ2n) is 4.87. The third-order valence-corrected chi connectivity index (χ3v) is 3.41. The number of aliphatic hydroxyl groups is 1. The molecule has 3 nitrogen and oxygen atoms in total. The fraction of sp³-hybridized carbons (Fsp3) is 0.167. The standard InChI is InChI=1S/C18H17NO2/c20-11-12-21-16-7-5-14(6-8-16)13-18-17-4-2-1-3-15(17)9-10-19-18/h1-10,20H,11-13H2. The van der Waals surface area contributed by atoms with E-state index >= 15 is 0 Å². The first kappa shape index (κ1) is 13.6. The lowest BCUT2D eigenvalue weighted by atomic mass is 10.0. The highest BCUT2D eigenvalue weighted by atomic mass is 16.5. The van der Waals surface area contributed by atoms with Crippen LogP contribution in [0, 0.1) is 0 Å². The quantitative estimate of drug-likeness (QED) is 0.780. The van der Waals surface area contributed by atoms with Gasteiger partial charge in [-0.2, -0.15) is 0 Å². The highest BCUT2D eigenvalue weighted by Gasteiger charge is 2.03.